The normalized spacial score (nSPS) is 32.3. The molecule has 1 unspecified atom stereocenters. The van der Waals surface area contributed by atoms with Gasteiger partial charge in [0.2, 0.25) is 5.91 Å². The van der Waals surface area contributed by atoms with E-state index in [4.69, 9.17) is 4.74 Å². The molecule has 4 nitrogen and oxygen atoms in total. The quantitative estimate of drug-likeness (QED) is 0.811. The van der Waals surface area contributed by atoms with Crippen LogP contribution in [-0.4, -0.2) is 38.3 Å². The van der Waals surface area contributed by atoms with Crippen molar-refractivity contribution in [2.45, 2.75) is 63.8 Å². The summed E-state index contributed by atoms with van der Waals surface area (Å²) in [4.78, 5) is 12.6. The van der Waals surface area contributed by atoms with E-state index in [1.54, 1.807) is 0 Å². The Morgan fingerprint density at radius 3 is 2.30 bits per heavy atom. The second-order valence-electron chi connectivity index (χ2n) is 8.26. The Hall–Kier alpha value is -0.320. The second kappa shape index (κ2) is 6.89. The van der Waals surface area contributed by atoms with Crippen molar-refractivity contribution >= 4 is 18.3 Å². The average molecular weight is 343 g/mol. The zero-order valence-electron chi connectivity index (χ0n) is 14.1. The fourth-order valence-electron chi connectivity index (χ4n) is 5.18. The van der Waals surface area contributed by atoms with Gasteiger partial charge in [-0.25, -0.2) is 0 Å². The van der Waals surface area contributed by atoms with Gasteiger partial charge in [-0.2, -0.15) is 0 Å². The predicted octanol–water partition coefficient (Wildman–Crippen LogP) is 2.65. The average Bonchev–Trinajstić information content (AvgIpc) is 3.25. The third-order valence-corrected chi connectivity index (χ3v) is 7.05. The predicted molar refractivity (Wildman–Crippen MR) is 92.8 cm³/mol. The standard InChI is InChI=1S/C18H30N2O2.ClH/c21-16(15-13-18(15)5-9-19-10-6-18)20-14-1-3-17(4-2-14)7-11-22-12-8-17;/h14-15,19H,1-13H2,(H,20,21);1H. The fraction of sp³-hybridized carbons (Fsp3) is 0.944. The SMILES string of the molecule is Cl.O=C(NC1CCC2(CCOCC2)CC1)C1CC12CCNCC2. The van der Waals surface area contributed by atoms with E-state index in [0.717, 1.165) is 32.7 Å². The molecule has 0 radical (unpaired) electrons. The minimum absolute atomic E-state index is 0. The van der Waals surface area contributed by atoms with Crippen LogP contribution in [-0.2, 0) is 9.53 Å². The number of piperidine rings is 1. The highest BCUT2D eigenvalue weighted by Crippen LogP contribution is 2.58. The molecule has 0 aromatic carbocycles. The molecule has 0 aromatic heterocycles. The molecule has 4 rings (SSSR count). The Kier molecular flexibility index (Phi) is 5.24. The largest absolute Gasteiger partial charge is 0.381 e. The molecule has 2 saturated carbocycles. The molecule has 2 saturated heterocycles. The van der Waals surface area contributed by atoms with Crippen molar-refractivity contribution < 1.29 is 9.53 Å². The molecule has 2 heterocycles. The molecule has 0 bridgehead atoms. The van der Waals surface area contributed by atoms with E-state index in [2.05, 4.69) is 10.6 Å². The lowest BCUT2D eigenvalue weighted by molar-refractivity contribution is -0.124. The first-order valence-corrected chi connectivity index (χ1v) is 9.30. The minimum atomic E-state index is 0. The summed E-state index contributed by atoms with van der Waals surface area (Å²) in [6.07, 6.45) is 10.9. The van der Waals surface area contributed by atoms with Gasteiger partial charge in [-0.15, -0.1) is 12.4 Å². The Labute approximate surface area is 145 Å². The number of hydrogen-bond acceptors (Lipinski definition) is 3. The number of rotatable bonds is 2. The van der Waals surface area contributed by atoms with Gasteiger partial charge in [-0.3, -0.25) is 4.79 Å². The zero-order valence-corrected chi connectivity index (χ0v) is 14.9. The van der Waals surface area contributed by atoms with Crippen LogP contribution >= 0.6 is 12.4 Å². The van der Waals surface area contributed by atoms with E-state index >= 15 is 0 Å². The molecule has 4 aliphatic rings. The van der Waals surface area contributed by atoms with Crippen LogP contribution < -0.4 is 10.6 Å². The van der Waals surface area contributed by atoms with Crippen LogP contribution in [0, 0.1) is 16.7 Å². The van der Waals surface area contributed by atoms with Crippen LogP contribution in [0.3, 0.4) is 0 Å². The van der Waals surface area contributed by atoms with Crippen LogP contribution in [0.5, 0.6) is 0 Å². The Morgan fingerprint density at radius 1 is 1.00 bits per heavy atom. The lowest BCUT2D eigenvalue weighted by atomic mass is 9.68. The van der Waals surface area contributed by atoms with Crippen molar-refractivity contribution in [3.05, 3.63) is 0 Å². The number of ether oxygens (including phenoxy) is 1. The van der Waals surface area contributed by atoms with E-state index in [1.165, 1.54) is 51.4 Å². The molecule has 1 amide bonds. The second-order valence-corrected chi connectivity index (χ2v) is 8.26. The van der Waals surface area contributed by atoms with Gasteiger partial charge < -0.3 is 15.4 Å². The van der Waals surface area contributed by atoms with Gasteiger partial charge in [0.25, 0.3) is 0 Å². The van der Waals surface area contributed by atoms with Crippen molar-refractivity contribution in [2.75, 3.05) is 26.3 Å². The van der Waals surface area contributed by atoms with Crippen LogP contribution in [0.4, 0.5) is 0 Å². The topological polar surface area (TPSA) is 50.4 Å². The van der Waals surface area contributed by atoms with Crippen LogP contribution in [0.15, 0.2) is 0 Å². The van der Waals surface area contributed by atoms with Gasteiger partial charge >= 0.3 is 0 Å². The van der Waals surface area contributed by atoms with Crippen LogP contribution in [0.1, 0.15) is 57.8 Å². The molecule has 23 heavy (non-hydrogen) atoms. The molecule has 5 heteroatoms. The van der Waals surface area contributed by atoms with Gasteiger partial charge in [-0.05, 0) is 81.7 Å². The third kappa shape index (κ3) is 3.54. The number of amides is 1. The highest BCUT2D eigenvalue weighted by Gasteiger charge is 2.57. The summed E-state index contributed by atoms with van der Waals surface area (Å²) >= 11 is 0. The fourth-order valence-corrected chi connectivity index (χ4v) is 5.18. The number of nitrogens with one attached hydrogen (secondary N) is 2. The van der Waals surface area contributed by atoms with Crippen molar-refractivity contribution in [1.29, 1.82) is 0 Å². The molecular formula is C18H31ClN2O2. The van der Waals surface area contributed by atoms with E-state index in [-0.39, 0.29) is 12.4 Å². The first-order chi connectivity index (χ1) is 10.7. The van der Waals surface area contributed by atoms with Crippen molar-refractivity contribution in [3.63, 3.8) is 0 Å². The highest BCUT2D eigenvalue weighted by atomic mass is 35.5. The first-order valence-electron chi connectivity index (χ1n) is 9.30. The van der Waals surface area contributed by atoms with E-state index in [0.29, 0.717) is 28.7 Å². The van der Waals surface area contributed by atoms with E-state index in [1.807, 2.05) is 0 Å². The number of carbonyl (C=O) groups excluding carboxylic acids is 1. The summed E-state index contributed by atoms with van der Waals surface area (Å²) in [5.41, 5.74) is 0.904. The van der Waals surface area contributed by atoms with Gasteiger partial charge in [0.1, 0.15) is 0 Å². The monoisotopic (exact) mass is 342 g/mol. The summed E-state index contributed by atoms with van der Waals surface area (Å²) in [6, 6.07) is 0.431. The molecular weight excluding hydrogens is 312 g/mol. The molecule has 2 N–H and O–H groups in total. The Balaban J connectivity index is 0.00000156. The van der Waals surface area contributed by atoms with Gasteiger partial charge in [0.05, 0.1) is 0 Å². The number of carbonyl (C=O) groups is 1. The lowest BCUT2D eigenvalue weighted by Gasteiger charge is -2.43. The molecule has 0 aromatic rings. The van der Waals surface area contributed by atoms with E-state index in [9.17, 15) is 4.79 Å². The molecule has 2 aliphatic carbocycles. The molecule has 2 aliphatic heterocycles. The number of halogens is 1. The maximum atomic E-state index is 12.6. The number of hydrogen-bond donors (Lipinski definition) is 2. The molecule has 2 spiro atoms. The Bertz CT molecular complexity index is 421. The molecule has 1 atom stereocenters. The van der Waals surface area contributed by atoms with Gasteiger partial charge in [0.15, 0.2) is 0 Å². The maximum Gasteiger partial charge on any atom is 0.223 e. The summed E-state index contributed by atoms with van der Waals surface area (Å²) in [5, 5.41) is 6.80. The summed E-state index contributed by atoms with van der Waals surface area (Å²) < 4.78 is 5.52. The van der Waals surface area contributed by atoms with Crippen LogP contribution in [0.2, 0.25) is 0 Å². The smallest absolute Gasteiger partial charge is 0.223 e. The third-order valence-electron chi connectivity index (χ3n) is 7.05. The van der Waals surface area contributed by atoms with Crippen molar-refractivity contribution in [2.24, 2.45) is 16.7 Å². The van der Waals surface area contributed by atoms with Gasteiger partial charge in [0, 0.05) is 25.2 Å². The highest BCUT2D eigenvalue weighted by molar-refractivity contribution is 5.85. The maximum absolute atomic E-state index is 12.6. The Morgan fingerprint density at radius 2 is 1.65 bits per heavy atom. The van der Waals surface area contributed by atoms with Crippen molar-refractivity contribution in [1.82, 2.24) is 10.6 Å². The van der Waals surface area contributed by atoms with Crippen LogP contribution in [0.25, 0.3) is 0 Å². The summed E-state index contributed by atoms with van der Waals surface area (Å²) in [6.45, 7) is 4.07. The zero-order chi connectivity index (χ0) is 15.0. The minimum Gasteiger partial charge on any atom is -0.381 e. The van der Waals surface area contributed by atoms with Gasteiger partial charge in [-0.1, -0.05) is 0 Å². The van der Waals surface area contributed by atoms with Crippen molar-refractivity contribution in [3.8, 4) is 0 Å². The first kappa shape index (κ1) is 17.5. The summed E-state index contributed by atoms with van der Waals surface area (Å²) in [5.74, 6) is 0.670. The lowest BCUT2D eigenvalue weighted by Crippen LogP contribution is -2.43. The molecule has 4 fully saturated rings. The summed E-state index contributed by atoms with van der Waals surface area (Å²) in [7, 11) is 0. The van der Waals surface area contributed by atoms with E-state index < -0.39 is 0 Å². The molecule has 132 valence electrons.